The first-order chi connectivity index (χ1) is 9.19. The lowest BCUT2D eigenvalue weighted by atomic mass is 10.1. The van der Waals surface area contributed by atoms with E-state index in [1.54, 1.807) is 12.3 Å². The Hall–Kier alpha value is -1.62. The molecule has 2 aliphatic rings. The lowest BCUT2D eigenvalue weighted by Crippen LogP contribution is -2.38. The fraction of sp³-hybridized carbons (Fsp3) is 0.571. The highest BCUT2D eigenvalue weighted by molar-refractivity contribution is 5.99. The number of nitrogens with two attached hydrogens (primary N) is 1. The topological polar surface area (TPSA) is 80.0 Å². The molecule has 1 aromatic heterocycles. The first-order valence-corrected chi connectivity index (χ1v) is 6.93. The number of nitrogens with zero attached hydrogens (tertiary/aromatic N) is 1. The molecule has 0 unspecified atom stereocenters. The highest BCUT2D eigenvalue weighted by Gasteiger charge is 2.42. The number of rotatable bonds is 5. The van der Waals surface area contributed by atoms with Crippen LogP contribution in [-0.4, -0.2) is 16.9 Å². The standard InChI is InChI=1S/C14H20N4O/c1-8-6-12(18-15)11(7-16-8)14(19)17-13(9-2-3-9)10-4-5-10/h6-7,9-10,13H,2-5,15H2,1H3,(H,16,18)(H,17,19). The number of nitrogens with one attached hydrogen (secondary N) is 2. The monoisotopic (exact) mass is 260 g/mol. The van der Waals surface area contributed by atoms with Gasteiger partial charge in [0.2, 0.25) is 0 Å². The van der Waals surface area contributed by atoms with Crippen LogP contribution in [0.5, 0.6) is 0 Å². The molecule has 5 heteroatoms. The normalized spacial score (nSPS) is 18.5. The molecule has 0 saturated heterocycles. The minimum absolute atomic E-state index is 0.0655. The number of nitrogen functional groups attached to an aromatic ring is 1. The van der Waals surface area contributed by atoms with Crippen molar-refractivity contribution in [3.63, 3.8) is 0 Å². The third-order valence-corrected chi connectivity index (χ3v) is 4.00. The molecule has 0 spiro atoms. The Kier molecular flexibility index (Phi) is 3.14. The van der Waals surface area contributed by atoms with Gasteiger partial charge in [-0.1, -0.05) is 0 Å². The maximum Gasteiger partial charge on any atom is 0.255 e. The van der Waals surface area contributed by atoms with Crippen LogP contribution in [-0.2, 0) is 0 Å². The molecule has 0 bridgehead atoms. The molecule has 1 heterocycles. The molecule has 2 aliphatic carbocycles. The van der Waals surface area contributed by atoms with E-state index in [-0.39, 0.29) is 5.91 Å². The number of hydrogen-bond acceptors (Lipinski definition) is 4. The number of carbonyl (C=O) groups excluding carboxylic acids is 1. The van der Waals surface area contributed by atoms with Crippen LogP contribution in [0, 0.1) is 18.8 Å². The molecule has 1 amide bonds. The summed E-state index contributed by atoms with van der Waals surface area (Å²) >= 11 is 0. The van der Waals surface area contributed by atoms with Gasteiger partial charge in [-0.15, -0.1) is 0 Å². The van der Waals surface area contributed by atoms with Gasteiger partial charge in [0, 0.05) is 17.9 Å². The Morgan fingerprint density at radius 3 is 2.53 bits per heavy atom. The maximum absolute atomic E-state index is 12.4. The molecule has 102 valence electrons. The number of aryl methyl sites for hydroxylation is 1. The largest absolute Gasteiger partial charge is 0.349 e. The van der Waals surface area contributed by atoms with Crippen molar-refractivity contribution in [1.29, 1.82) is 0 Å². The van der Waals surface area contributed by atoms with Crippen molar-refractivity contribution in [2.45, 2.75) is 38.6 Å². The third kappa shape index (κ3) is 2.71. The van der Waals surface area contributed by atoms with E-state index in [0.29, 0.717) is 29.1 Å². The molecule has 3 rings (SSSR count). The van der Waals surface area contributed by atoms with E-state index in [9.17, 15) is 4.79 Å². The Balaban J connectivity index is 1.75. The van der Waals surface area contributed by atoms with Gasteiger partial charge in [0.15, 0.2) is 0 Å². The second-order valence-corrected chi connectivity index (χ2v) is 5.69. The fourth-order valence-corrected chi connectivity index (χ4v) is 2.62. The number of carbonyl (C=O) groups is 1. The van der Waals surface area contributed by atoms with Crippen LogP contribution in [0.1, 0.15) is 41.7 Å². The van der Waals surface area contributed by atoms with E-state index in [1.807, 2.05) is 6.92 Å². The van der Waals surface area contributed by atoms with Crippen molar-refractivity contribution in [1.82, 2.24) is 10.3 Å². The summed E-state index contributed by atoms with van der Waals surface area (Å²) in [6.07, 6.45) is 6.58. The SMILES string of the molecule is Cc1cc(NN)c(C(=O)NC(C2CC2)C2CC2)cn1. The van der Waals surface area contributed by atoms with Crippen LogP contribution in [0.4, 0.5) is 5.69 Å². The predicted octanol–water partition coefficient (Wildman–Crippen LogP) is 1.59. The Bertz CT molecular complexity index is 482. The van der Waals surface area contributed by atoms with E-state index < -0.39 is 0 Å². The van der Waals surface area contributed by atoms with Crippen LogP contribution in [0.3, 0.4) is 0 Å². The second-order valence-electron chi connectivity index (χ2n) is 5.69. The summed E-state index contributed by atoms with van der Waals surface area (Å²) in [5, 5.41) is 3.18. The molecule has 0 atom stereocenters. The van der Waals surface area contributed by atoms with Crippen molar-refractivity contribution in [3.05, 3.63) is 23.5 Å². The molecule has 5 nitrogen and oxygen atoms in total. The van der Waals surface area contributed by atoms with Gasteiger partial charge in [-0.2, -0.15) is 0 Å². The summed E-state index contributed by atoms with van der Waals surface area (Å²) < 4.78 is 0. The fourth-order valence-electron chi connectivity index (χ4n) is 2.62. The van der Waals surface area contributed by atoms with Crippen molar-refractivity contribution in [3.8, 4) is 0 Å². The number of anilines is 1. The Morgan fingerprint density at radius 1 is 1.37 bits per heavy atom. The van der Waals surface area contributed by atoms with Crippen molar-refractivity contribution < 1.29 is 4.79 Å². The van der Waals surface area contributed by atoms with Crippen LogP contribution < -0.4 is 16.6 Å². The van der Waals surface area contributed by atoms with Crippen molar-refractivity contribution >= 4 is 11.6 Å². The van der Waals surface area contributed by atoms with Gasteiger partial charge in [0.05, 0.1) is 11.3 Å². The maximum atomic E-state index is 12.4. The summed E-state index contributed by atoms with van der Waals surface area (Å²) in [5.41, 5.74) is 4.58. The highest BCUT2D eigenvalue weighted by atomic mass is 16.1. The zero-order chi connectivity index (χ0) is 13.4. The van der Waals surface area contributed by atoms with Crippen molar-refractivity contribution in [2.24, 2.45) is 17.7 Å². The van der Waals surface area contributed by atoms with E-state index >= 15 is 0 Å². The lowest BCUT2D eigenvalue weighted by Gasteiger charge is -2.18. The average molecular weight is 260 g/mol. The third-order valence-electron chi connectivity index (χ3n) is 4.00. The molecule has 0 radical (unpaired) electrons. The number of hydrazine groups is 1. The zero-order valence-electron chi connectivity index (χ0n) is 11.1. The van der Waals surface area contributed by atoms with Gasteiger partial charge < -0.3 is 10.7 Å². The number of hydrogen-bond donors (Lipinski definition) is 3. The number of amides is 1. The lowest BCUT2D eigenvalue weighted by molar-refractivity contribution is 0.0926. The minimum atomic E-state index is -0.0655. The van der Waals surface area contributed by atoms with Gasteiger partial charge in [-0.05, 0) is 50.5 Å². The number of pyridine rings is 1. The van der Waals surface area contributed by atoms with E-state index in [1.165, 1.54) is 25.7 Å². The smallest absolute Gasteiger partial charge is 0.255 e. The first-order valence-electron chi connectivity index (χ1n) is 6.93. The molecule has 2 fully saturated rings. The summed E-state index contributed by atoms with van der Waals surface area (Å²) in [6, 6.07) is 2.14. The van der Waals surface area contributed by atoms with Gasteiger partial charge in [0.25, 0.3) is 5.91 Å². The molecular weight excluding hydrogens is 240 g/mol. The van der Waals surface area contributed by atoms with Gasteiger partial charge in [-0.3, -0.25) is 15.6 Å². The van der Waals surface area contributed by atoms with E-state index in [4.69, 9.17) is 5.84 Å². The van der Waals surface area contributed by atoms with Crippen molar-refractivity contribution in [2.75, 3.05) is 5.43 Å². The van der Waals surface area contributed by atoms with Gasteiger partial charge in [-0.25, -0.2) is 0 Å². The van der Waals surface area contributed by atoms with E-state index in [0.717, 1.165) is 5.69 Å². The molecule has 19 heavy (non-hydrogen) atoms. The second kappa shape index (κ2) is 4.81. The molecular formula is C14H20N4O. The van der Waals surface area contributed by atoms with Crippen LogP contribution in [0.25, 0.3) is 0 Å². The minimum Gasteiger partial charge on any atom is -0.349 e. The highest BCUT2D eigenvalue weighted by Crippen LogP contribution is 2.44. The van der Waals surface area contributed by atoms with Crippen LogP contribution in [0.2, 0.25) is 0 Å². The molecule has 0 aromatic carbocycles. The average Bonchev–Trinajstić information content (AvgIpc) is 3.28. The predicted molar refractivity (Wildman–Crippen MR) is 73.5 cm³/mol. The van der Waals surface area contributed by atoms with Gasteiger partial charge in [0.1, 0.15) is 0 Å². The quantitative estimate of drug-likeness (QED) is 0.555. The Morgan fingerprint density at radius 2 is 2.00 bits per heavy atom. The first kappa shape index (κ1) is 12.4. The summed E-state index contributed by atoms with van der Waals surface area (Å²) in [5.74, 6) is 6.78. The summed E-state index contributed by atoms with van der Waals surface area (Å²) in [6.45, 7) is 1.87. The summed E-state index contributed by atoms with van der Waals surface area (Å²) in [7, 11) is 0. The van der Waals surface area contributed by atoms with E-state index in [2.05, 4.69) is 15.7 Å². The zero-order valence-corrected chi connectivity index (χ0v) is 11.1. The Labute approximate surface area is 112 Å². The molecule has 2 saturated carbocycles. The summed E-state index contributed by atoms with van der Waals surface area (Å²) in [4.78, 5) is 16.5. The van der Waals surface area contributed by atoms with Crippen LogP contribution in [0.15, 0.2) is 12.3 Å². The van der Waals surface area contributed by atoms with Gasteiger partial charge >= 0.3 is 0 Å². The molecule has 4 N–H and O–H groups in total. The molecule has 1 aromatic rings. The number of aromatic nitrogens is 1. The van der Waals surface area contributed by atoms with Crippen LogP contribution >= 0.6 is 0 Å². The molecule has 0 aliphatic heterocycles.